The number of nitrogens with zero attached hydrogens (tertiary/aromatic N) is 2. The molecule has 0 saturated carbocycles. The maximum absolute atomic E-state index is 13.3. The average Bonchev–Trinajstić information content (AvgIpc) is 2.30. The fraction of sp³-hybridized carbons (Fsp3) is 0.500. The smallest absolute Gasteiger partial charge is 0.325 e. The van der Waals surface area contributed by atoms with Gasteiger partial charge >= 0.3 is 5.97 Å². The van der Waals surface area contributed by atoms with Crippen molar-refractivity contribution in [3.05, 3.63) is 12.0 Å². The minimum absolute atomic E-state index is 0.0241. The highest BCUT2D eigenvalue weighted by Gasteiger charge is 2.08. The Morgan fingerprint density at radius 1 is 1.47 bits per heavy atom. The molecule has 0 unspecified atom stereocenters. The third kappa shape index (κ3) is 4.21. The standard InChI is InChI=1S/C10H15FN4O2/c1-3-12-10-14-5-7(11)9(15-10)13-6-8(16)17-4-2/h5H,3-4,6H2,1-2H3,(H2,12,13,14,15). The summed E-state index contributed by atoms with van der Waals surface area (Å²) >= 11 is 0. The number of esters is 1. The van der Waals surface area contributed by atoms with Gasteiger partial charge in [0.05, 0.1) is 12.8 Å². The fourth-order valence-corrected chi connectivity index (χ4v) is 1.10. The summed E-state index contributed by atoms with van der Waals surface area (Å²) in [6.45, 7) is 4.36. The van der Waals surface area contributed by atoms with E-state index in [0.29, 0.717) is 12.5 Å². The van der Waals surface area contributed by atoms with Crippen molar-refractivity contribution in [2.45, 2.75) is 13.8 Å². The molecule has 0 spiro atoms. The molecule has 17 heavy (non-hydrogen) atoms. The van der Waals surface area contributed by atoms with Crippen LogP contribution in [0.1, 0.15) is 13.8 Å². The molecule has 0 aliphatic rings. The molecule has 0 fully saturated rings. The van der Waals surface area contributed by atoms with Gasteiger partial charge in [0.15, 0.2) is 11.6 Å². The van der Waals surface area contributed by atoms with Gasteiger partial charge in [-0.25, -0.2) is 9.37 Å². The first kappa shape index (κ1) is 13.1. The Balaban J connectivity index is 2.62. The van der Waals surface area contributed by atoms with Crippen LogP contribution >= 0.6 is 0 Å². The maximum atomic E-state index is 13.3. The van der Waals surface area contributed by atoms with Gasteiger partial charge in [-0.1, -0.05) is 0 Å². The van der Waals surface area contributed by atoms with Gasteiger partial charge in [0.25, 0.3) is 0 Å². The van der Waals surface area contributed by atoms with E-state index in [9.17, 15) is 9.18 Å². The van der Waals surface area contributed by atoms with Crippen molar-refractivity contribution in [1.29, 1.82) is 0 Å². The number of aromatic nitrogens is 2. The van der Waals surface area contributed by atoms with Gasteiger partial charge in [0.1, 0.15) is 6.54 Å². The fourth-order valence-electron chi connectivity index (χ4n) is 1.10. The Bertz CT molecular complexity index is 387. The number of anilines is 2. The first-order valence-electron chi connectivity index (χ1n) is 5.33. The molecule has 2 N–H and O–H groups in total. The van der Waals surface area contributed by atoms with Crippen LogP contribution in [0.3, 0.4) is 0 Å². The predicted molar refractivity (Wildman–Crippen MR) is 61.3 cm³/mol. The zero-order valence-electron chi connectivity index (χ0n) is 9.79. The number of nitrogens with one attached hydrogen (secondary N) is 2. The van der Waals surface area contributed by atoms with Crippen LogP contribution in [0, 0.1) is 5.82 Å². The monoisotopic (exact) mass is 242 g/mol. The molecular weight excluding hydrogens is 227 g/mol. The average molecular weight is 242 g/mol. The third-order valence-corrected chi connectivity index (χ3v) is 1.78. The normalized spacial score (nSPS) is 9.82. The lowest BCUT2D eigenvalue weighted by molar-refractivity contribution is -0.140. The highest BCUT2D eigenvalue weighted by molar-refractivity contribution is 5.74. The molecule has 1 heterocycles. The lowest BCUT2D eigenvalue weighted by Crippen LogP contribution is -2.18. The first-order valence-corrected chi connectivity index (χ1v) is 5.33. The Hall–Kier alpha value is -1.92. The van der Waals surface area contributed by atoms with E-state index < -0.39 is 11.8 Å². The van der Waals surface area contributed by atoms with Crippen LogP contribution in [0.15, 0.2) is 6.20 Å². The molecule has 0 amide bonds. The van der Waals surface area contributed by atoms with Crippen molar-refractivity contribution in [3.63, 3.8) is 0 Å². The molecule has 0 aliphatic heterocycles. The molecule has 0 saturated heterocycles. The molecule has 1 rings (SSSR count). The van der Waals surface area contributed by atoms with E-state index in [2.05, 4.69) is 20.6 Å². The molecule has 94 valence electrons. The summed E-state index contributed by atoms with van der Waals surface area (Å²) in [5.41, 5.74) is 0. The van der Waals surface area contributed by atoms with Crippen molar-refractivity contribution in [2.75, 3.05) is 30.3 Å². The maximum Gasteiger partial charge on any atom is 0.325 e. The summed E-state index contributed by atoms with van der Waals surface area (Å²) in [4.78, 5) is 18.7. The Kier molecular flexibility index (Phi) is 5.12. The summed E-state index contributed by atoms with van der Waals surface area (Å²) in [5, 5.41) is 5.40. The van der Waals surface area contributed by atoms with Gasteiger partial charge < -0.3 is 15.4 Å². The van der Waals surface area contributed by atoms with Crippen LogP contribution in [0.4, 0.5) is 16.2 Å². The molecule has 0 bridgehead atoms. The Labute approximate surface area is 98.6 Å². The molecular formula is C10H15FN4O2. The van der Waals surface area contributed by atoms with Crippen LogP contribution in [0.25, 0.3) is 0 Å². The van der Waals surface area contributed by atoms with Gasteiger partial charge in [-0.05, 0) is 13.8 Å². The largest absolute Gasteiger partial charge is 0.465 e. The van der Waals surface area contributed by atoms with Crippen molar-refractivity contribution >= 4 is 17.7 Å². The highest BCUT2D eigenvalue weighted by atomic mass is 19.1. The van der Waals surface area contributed by atoms with Crippen molar-refractivity contribution in [1.82, 2.24) is 9.97 Å². The number of hydrogen-bond donors (Lipinski definition) is 2. The SMILES string of the molecule is CCNc1ncc(F)c(NCC(=O)OCC)n1. The number of carbonyl (C=O) groups excluding carboxylic acids is 1. The second kappa shape index (κ2) is 6.62. The zero-order chi connectivity index (χ0) is 12.7. The number of rotatable bonds is 6. The van der Waals surface area contributed by atoms with E-state index in [0.717, 1.165) is 6.20 Å². The molecule has 0 aromatic carbocycles. The minimum Gasteiger partial charge on any atom is -0.465 e. The molecule has 1 aromatic heterocycles. The summed E-state index contributed by atoms with van der Waals surface area (Å²) in [6.07, 6.45) is 1.04. The van der Waals surface area contributed by atoms with E-state index in [1.807, 2.05) is 6.92 Å². The summed E-state index contributed by atoms with van der Waals surface area (Å²) in [7, 11) is 0. The van der Waals surface area contributed by atoms with Crippen LogP contribution < -0.4 is 10.6 Å². The van der Waals surface area contributed by atoms with Crippen molar-refractivity contribution in [3.8, 4) is 0 Å². The molecule has 1 aromatic rings. The molecule has 7 heteroatoms. The topological polar surface area (TPSA) is 76.1 Å². The quantitative estimate of drug-likeness (QED) is 0.725. The van der Waals surface area contributed by atoms with Crippen molar-refractivity contribution in [2.24, 2.45) is 0 Å². The molecule has 6 nitrogen and oxygen atoms in total. The minimum atomic E-state index is -0.615. The van der Waals surface area contributed by atoms with Gasteiger partial charge in [-0.15, -0.1) is 0 Å². The summed E-state index contributed by atoms with van der Waals surface area (Å²) in [6, 6.07) is 0. The number of hydrogen-bond acceptors (Lipinski definition) is 6. The summed E-state index contributed by atoms with van der Waals surface area (Å²) in [5.74, 6) is -0.796. The first-order chi connectivity index (χ1) is 8.17. The van der Waals surface area contributed by atoms with Gasteiger partial charge in [0, 0.05) is 6.54 Å². The van der Waals surface area contributed by atoms with E-state index >= 15 is 0 Å². The van der Waals surface area contributed by atoms with E-state index in [-0.39, 0.29) is 19.0 Å². The van der Waals surface area contributed by atoms with Crippen LogP contribution in [0.5, 0.6) is 0 Å². The van der Waals surface area contributed by atoms with E-state index in [4.69, 9.17) is 4.74 Å². The van der Waals surface area contributed by atoms with Gasteiger partial charge in [-0.2, -0.15) is 4.98 Å². The van der Waals surface area contributed by atoms with Crippen molar-refractivity contribution < 1.29 is 13.9 Å². The van der Waals surface area contributed by atoms with Gasteiger partial charge in [-0.3, -0.25) is 4.79 Å². The Morgan fingerprint density at radius 3 is 2.88 bits per heavy atom. The van der Waals surface area contributed by atoms with Crippen LogP contribution in [-0.2, 0) is 9.53 Å². The lowest BCUT2D eigenvalue weighted by atomic mass is 10.5. The van der Waals surface area contributed by atoms with E-state index in [1.54, 1.807) is 6.92 Å². The Morgan fingerprint density at radius 2 is 2.24 bits per heavy atom. The highest BCUT2D eigenvalue weighted by Crippen LogP contribution is 2.11. The van der Waals surface area contributed by atoms with E-state index in [1.165, 1.54) is 0 Å². The molecule has 0 aliphatic carbocycles. The predicted octanol–water partition coefficient (Wildman–Crippen LogP) is 1.02. The van der Waals surface area contributed by atoms with Crippen LogP contribution in [0.2, 0.25) is 0 Å². The second-order valence-electron chi connectivity index (χ2n) is 3.08. The lowest BCUT2D eigenvalue weighted by Gasteiger charge is -2.07. The summed E-state index contributed by atoms with van der Waals surface area (Å²) < 4.78 is 18.0. The number of carbonyl (C=O) groups is 1. The number of ether oxygens (including phenoxy) is 1. The van der Waals surface area contributed by atoms with Gasteiger partial charge in [0.2, 0.25) is 5.95 Å². The third-order valence-electron chi connectivity index (χ3n) is 1.78. The second-order valence-corrected chi connectivity index (χ2v) is 3.08. The van der Waals surface area contributed by atoms with Crippen LogP contribution in [-0.4, -0.2) is 35.6 Å². The zero-order valence-corrected chi connectivity index (χ0v) is 9.79. The molecule has 0 atom stereocenters. The molecule has 0 radical (unpaired) electrons. The number of halogens is 1.